The molecular weight excluding hydrogens is 240 g/mol. The van der Waals surface area contributed by atoms with Gasteiger partial charge in [-0.25, -0.2) is 4.79 Å². The Morgan fingerprint density at radius 1 is 1.50 bits per heavy atom. The van der Waals surface area contributed by atoms with Crippen LogP contribution in [-0.2, 0) is 16.1 Å². The first-order valence-corrected chi connectivity index (χ1v) is 5.46. The molecule has 0 saturated carbocycles. The fourth-order valence-corrected chi connectivity index (χ4v) is 1.47. The van der Waals surface area contributed by atoms with Gasteiger partial charge in [-0.2, -0.15) is 0 Å². The summed E-state index contributed by atoms with van der Waals surface area (Å²) in [6.07, 6.45) is 0. The second-order valence-electron chi connectivity index (χ2n) is 3.55. The van der Waals surface area contributed by atoms with Gasteiger partial charge in [-0.3, -0.25) is 10.1 Å². The van der Waals surface area contributed by atoms with E-state index in [9.17, 15) is 20.0 Å². The molecule has 0 aliphatic rings. The van der Waals surface area contributed by atoms with Gasteiger partial charge in [0.1, 0.15) is 6.54 Å². The van der Waals surface area contributed by atoms with Gasteiger partial charge in [-0.05, 0) is 6.92 Å². The summed E-state index contributed by atoms with van der Waals surface area (Å²) >= 11 is 0. The monoisotopic (exact) mass is 254 g/mol. The molecule has 0 spiro atoms. The molecule has 18 heavy (non-hydrogen) atoms. The molecule has 0 aliphatic heterocycles. The Morgan fingerprint density at radius 3 is 2.83 bits per heavy atom. The molecule has 1 rings (SSSR count). The average Bonchev–Trinajstić information content (AvgIpc) is 2.29. The number of hydrogen-bond acceptors (Lipinski definition) is 5. The van der Waals surface area contributed by atoms with Crippen LogP contribution < -0.4 is 10.4 Å². The van der Waals surface area contributed by atoms with Crippen molar-refractivity contribution in [3.05, 3.63) is 33.9 Å². The second-order valence-corrected chi connectivity index (χ2v) is 3.55. The maximum Gasteiger partial charge on any atom is 0.361 e. The van der Waals surface area contributed by atoms with Crippen molar-refractivity contribution in [2.24, 2.45) is 0 Å². The predicted molar refractivity (Wildman–Crippen MR) is 59.7 cm³/mol. The smallest absolute Gasteiger partial charge is 0.361 e. The third-order valence-electron chi connectivity index (χ3n) is 2.23. The topological polar surface area (TPSA) is 109 Å². The average molecular weight is 254 g/mol. The number of ether oxygens (including phenoxy) is 1. The molecule has 7 nitrogen and oxygen atoms in total. The number of carbonyl (C=O) groups is 1. The summed E-state index contributed by atoms with van der Waals surface area (Å²) < 4.78 is 4.72. The van der Waals surface area contributed by atoms with Crippen LogP contribution in [0.25, 0.3) is 0 Å². The zero-order chi connectivity index (χ0) is 13.5. The minimum atomic E-state index is -0.549. The Bertz CT molecular complexity index is 447. The predicted octanol–water partition coefficient (Wildman–Crippen LogP) is -0.705. The van der Waals surface area contributed by atoms with Crippen molar-refractivity contribution in [3.8, 4) is 5.75 Å². The molecule has 1 aromatic carbocycles. The minimum Gasteiger partial charge on any atom is -0.872 e. The van der Waals surface area contributed by atoms with E-state index in [1.54, 1.807) is 12.2 Å². The van der Waals surface area contributed by atoms with E-state index in [0.29, 0.717) is 12.2 Å². The van der Waals surface area contributed by atoms with E-state index in [0.717, 1.165) is 6.07 Å². The molecule has 0 unspecified atom stereocenters. The molecule has 0 amide bonds. The van der Waals surface area contributed by atoms with Crippen LogP contribution in [0.4, 0.5) is 5.69 Å². The number of quaternary nitrogens is 1. The Labute approximate surface area is 104 Å². The summed E-state index contributed by atoms with van der Waals surface area (Å²) in [6.45, 7) is 2.24. The first kappa shape index (κ1) is 13.9. The van der Waals surface area contributed by atoms with Crippen LogP contribution in [0.5, 0.6) is 5.75 Å². The van der Waals surface area contributed by atoms with Crippen molar-refractivity contribution >= 4 is 11.7 Å². The second kappa shape index (κ2) is 6.55. The Morgan fingerprint density at radius 2 is 2.22 bits per heavy atom. The van der Waals surface area contributed by atoms with Crippen molar-refractivity contribution in [1.82, 2.24) is 0 Å². The van der Waals surface area contributed by atoms with Crippen molar-refractivity contribution in [2.45, 2.75) is 13.5 Å². The largest absolute Gasteiger partial charge is 0.872 e. The van der Waals surface area contributed by atoms with E-state index >= 15 is 0 Å². The van der Waals surface area contributed by atoms with Gasteiger partial charge in [-0.1, -0.05) is 12.1 Å². The van der Waals surface area contributed by atoms with E-state index < -0.39 is 10.9 Å². The molecule has 1 aromatic rings. The Balaban J connectivity index is 2.63. The summed E-state index contributed by atoms with van der Waals surface area (Å²) in [5.74, 6) is -0.682. The van der Waals surface area contributed by atoms with Crippen LogP contribution in [0, 0.1) is 10.1 Å². The molecule has 98 valence electrons. The minimum absolute atomic E-state index is 0.0636. The van der Waals surface area contributed by atoms with Gasteiger partial charge in [0.2, 0.25) is 0 Å². The van der Waals surface area contributed by atoms with Gasteiger partial charge in [0.05, 0.1) is 17.1 Å². The molecule has 0 atom stereocenters. The highest BCUT2D eigenvalue weighted by Gasteiger charge is 2.14. The number of nitro benzene ring substituents is 1. The fraction of sp³-hybridized carbons (Fsp3) is 0.364. The summed E-state index contributed by atoms with van der Waals surface area (Å²) in [5.41, 5.74) is 0.187. The Kier molecular flexibility index (Phi) is 5.06. The number of rotatable bonds is 6. The number of nitrogens with two attached hydrogens (primary N) is 1. The van der Waals surface area contributed by atoms with E-state index in [4.69, 9.17) is 4.74 Å². The number of benzene rings is 1. The van der Waals surface area contributed by atoms with Gasteiger partial charge in [0, 0.05) is 6.07 Å². The molecule has 0 aromatic heterocycles. The number of nitro groups is 1. The number of hydrogen-bond donors (Lipinski definition) is 1. The first-order valence-electron chi connectivity index (χ1n) is 5.46. The highest BCUT2D eigenvalue weighted by atomic mass is 16.6. The molecule has 0 fully saturated rings. The van der Waals surface area contributed by atoms with E-state index in [-0.39, 0.29) is 24.5 Å². The summed E-state index contributed by atoms with van der Waals surface area (Å²) in [6, 6.07) is 3.53. The standard InChI is InChI=1S/C11H14N2O5/c1-2-18-11(15)7-12-6-8-5-9(14)3-4-10(8)13(16)17/h3-5,12,14H,2,6-7H2,1H3. The van der Waals surface area contributed by atoms with Crippen molar-refractivity contribution in [1.29, 1.82) is 0 Å². The molecule has 2 N–H and O–H groups in total. The zero-order valence-corrected chi connectivity index (χ0v) is 9.92. The number of esters is 1. The number of nitrogens with zero attached hydrogens (tertiary/aromatic N) is 1. The van der Waals surface area contributed by atoms with Gasteiger partial charge in [0.15, 0.2) is 6.54 Å². The molecule has 0 heterocycles. The maximum atomic E-state index is 11.1. The lowest BCUT2D eigenvalue weighted by Gasteiger charge is -2.08. The van der Waals surface area contributed by atoms with Crippen LogP contribution >= 0.6 is 0 Å². The fourth-order valence-electron chi connectivity index (χ4n) is 1.47. The van der Waals surface area contributed by atoms with Crippen LogP contribution in [-0.4, -0.2) is 24.0 Å². The highest BCUT2D eigenvalue weighted by molar-refractivity contribution is 5.70. The molecule has 0 saturated heterocycles. The van der Waals surface area contributed by atoms with Crippen LogP contribution in [0.3, 0.4) is 0 Å². The first-order chi connectivity index (χ1) is 8.54. The third-order valence-corrected chi connectivity index (χ3v) is 2.23. The molecule has 7 heteroatoms. The van der Waals surface area contributed by atoms with Crippen LogP contribution in [0.1, 0.15) is 12.5 Å². The number of carbonyl (C=O) groups excluding carboxylic acids is 1. The summed E-state index contributed by atoms with van der Waals surface area (Å²) in [4.78, 5) is 21.3. The van der Waals surface area contributed by atoms with Crippen LogP contribution in [0.15, 0.2) is 18.2 Å². The lowest BCUT2D eigenvalue weighted by Crippen LogP contribution is -2.84. The Hall–Kier alpha value is -2.15. The third kappa shape index (κ3) is 4.02. The van der Waals surface area contributed by atoms with E-state index in [1.165, 1.54) is 12.1 Å². The summed E-state index contributed by atoms with van der Waals surface area (Å²) in [5, 5.41) is 23.4. The maximum absolute atomic E-state index is 11.1. The van der Waals surface area contributed by atoms with E-state index in [1.807, 2.05) is 0 Å². The van der Waals surface area contributed by atoms with Gasteiger partial charge < -0.3 is 15.2 Å². The lowest BCUT2D eigenvalue weighted by atomic mass is 10.1. The zero-order valence-electron chi connectivity index (χ0n) is 9.92. The van der Waals surface area contributed by atoms with Crippen LogP contribution in [0.2, 0.25) is 0 Å². The molecule has 0 aliphatic carbocycles. The SMILES string of the molecule is CCOC(=O)C[NH2+]Cc1cc([O-])ccc1[N+](=O)[O-]. The highest BCUT2D eigenvalue weighted by Crippen LogP contribution is 2.20. The lowest BCUT2D eigenvalue weighted by molar-refractivity contribution is -0.661. The van der Waals surface area contributed by atoms with Crippen molar-refractivity contribution in [2.75, 3.05) is 13.2 Å². The molecule has 0 bridgehead atoms. The van der Waals surface area contributed by atoms with Gasteiger partial charge in [-0.15, -0.1) is 5.75 Å². The van der Waals surface area contributed by atoms with Gasteiger partial charge >= 0.3 is 5.97 Å². The summed E-state index contributed by atoms with van der Waals surface area (Å²) in [7, 11) is 0. The van der Waals surface area contributed by atoms with Crippen molar-refractivity contribution < 1.29 is 24.9 Å². The normalized spacial score (nSPS) is 10.1. The molecular formula is C11H14N2O5. The molecule has 0 radical (unpaired) electrons. The van der Waals surface area contributed by atoms with E-state index in [2.05, 4.69) is 0 Å². The quantitative estimate of drug-likeness (QED) is 0.410. The van der Waals surface area contributed by atoms with Crippen molar-refractivity contribution in [3.63, 3.8) is 0 Å². The van der Waals surface area contributed by atoms with Gasteiger partial charge in [0.25, 0.3) is 5.69 Å².